The maximum atomic E-state index is 11.7. The minimum Gasteiger partial charge on any atom is -0.356 e. The Bertz CT molecular complexity index is 248. The number of carbonyl (C=O) groups is 1. The molecule has 100 valence electrons. The summed E-state index contributed by atoms with van der Waals surface area (Å²) >= 11 is 0. The molecule has 1 aliphatic carbocycles. The monoisotopic (exact) mass is 260 g/mol. The summed E-state index contributed by atoms with van der Waals surface area (Å²) in [4.78, 5) is 11.7. The van der Waals surface area contributed by atoms with Crippen LogP contribution in [0.25, 0.3) is 0 Å². The van der Waals surface area contributed by atoms with Gasteiger partial charge in [0.15, 0.2) is 0 Å². The summed E-state index contributed by atoms with van der Waals surface area (Å²) < 4.78 is 0. The van der Waals surface area contributed by atoms with Gasteiger partial charge in [0.2, 0.25) is 5.91 Å². The fourth-order valence-electron chi connectivity index (χ4n) is 2.61. The van der Waals surface area contributed by atoms with Gasteiger partial charge in [0.25, 0.3) is 0 Å². The predicted molar refractivity (Wildman–Crippen MR) is 72.4 cm³/mol. The molecule has 0 aromatic carbocycles. The summed E-state index contributed by atoms with van der Waals surface area (Å²) in [5.41, 5.74) is 0.271. The maximum Gasteiger partial charge on any atom is 0.220 e. The third-order valence-electron chi connectivity index (χ3n) is 4.10. The van der Waals surface area contributed by atoms with Crippen molar-refractivity contribution in [3.8, 4) is 0 Å². The Kier molecular flexibility index (Phi) is 5.74. The van der Waals surface area contributed by atoms with E-state index < -0.39 is 0 Å². The number of carbonyl (C=O) groups excluding carboxylic acids is 1. The molecule has 2 rings (SSSR count). The van der Waals surface area contributed by atoms with E-state index in [0.29, 0.717) is 5.92 Å². The van der Waals surface area contributed by atoms with Crippen LogP contribution in [0.15, 0.2) is 0 Å². The van der Waals surface area contributed by atoms with Gasteiger partial charge >= 0.3 is 0 Å². The van der Waals surface area contributed by atoms with Crippen LogP contribution in [0.1, 0.15) is 45.4 Å². The molecule has 1 heterocycles. The van der Waals surface area contributed by atoms with Crippen molar-refractivity contribution in [3.05, 3.63) is 0 Å². The second-order valence-corrected chi connectivity index (χ2v) is 5.87. The topological polar surface area (TPSA) is 41.1 Å². The molecule has 0 bridgehead atoms. The molecule has 0 aromatic heterocycles. The van der Waals surface area contributed by atoms with Gasteiger partial charge in [-0.2, -0.15) is 0 Å². The molecule has 4 heteroatoms. The second-order valence-electron chi connectivity index (χ2n) is 5.87. The molecule has 3 nitrogen and oxygen atoms in total. The fraction of sp³-hybridized carbons (Fsp3) is 0.923. The maximum absolute atomic E-state index is 11.7. The van der Waals surface area contributed by atoms with Crippen molar-refractivity contribution in [2.24, 2.45) is 11.3 Å². The first kappa shape index (κ1) is 14.8. The molecule has 2 fully saturated rings. The number of rotatable bonds is 4. The summed E-state index contributed by atoms with van der Waals surface area (Å²) in [5, 5.41) is 6.52. The number of hydrogen-bond donors (Lipinski definition) is 2. The Hall–Kier alpha value is -0.280. The molecule has 1 amide bonds. The van der Waals surface area contributed by atoms with E-state index in [9.17, 15) is 4.79 Å². The van der Waals surface area contributed by atoms with E-state index in [-0.39, 0.29) is 23.7 Å². The Morgan fingerprint density at radius 2 is 2.18 bits per heavy atom. The Balaban J connectivity index is 0.00000144. The van der Waals surface area contributed by atoms with Crippen molar-refractivity contribution in [2.75, 3.05) is 19.6 Å². The normalized spacial score (nSPS) is 29.0. The van der Waals surface area contributed by atoms with Crippen molar-refractivity contribution in [1.29, 1.82) is 0 Å². The van der Waals surface area contributed by atoms with Gasteiger partial charge in [-0.3, -0.25) is 4.79 Å². The molecule has 1 atom stereocenters. The van der Waals surface area contributed by atoms with E-state index in [1.807, 2.05) is 0 Å². The van der Waals surface area contributed by atoms with Gasteiger partial charge in [-0.05, 0) is 43.6 Å². The highest BCUT2D eigenvalue weighted by molar-refractivity contribution is 5.85. The van der Waals surface area contributed by atoms with E-state index in [2.05, 4.69) is 17.6 Å². The summed E-state index contributed by atoms with van der Waals surface area (Å²) in [6.45, 7) is 5.27. The van der Waals surface area contributed by atoms with Crippen LogP contribution in [0, 0.1) is 11.3 Å². The zero-order chi connectivity index (χ0) is 11.4. The lowest BCUT2D eigenvalue weighted by atomic mass is 9.81. The average molecular weight is 261 g/mol. The molecular formula is C13H25ClN2O. The molecule has 1 unspecified atom stereocenters. The molecular weight excluding hydrogens is 236 g/mol. The van der Waals surface area contributed by atoms with Gasteiger partial charge < -0.3 is 10.6 Å². The van der Waals surface area contributed by atoms with Crippen molar-refractivity contribution in [3.63, 3.8) is 0 Å². The van der Waals surface area contributed by atoms with Crippen LogP contribution in [0.5, 0.6) is 0 Å². The standard InChI is InChI=1S/C13H24N2O.ClH/c1-13(6-3-7-14-9-13)10-15-12(16)8-11-4-2-5-11;/h11,14H,2-10H2,1H3,(H,15,16);1H. The average Bonchev–Trinajstić information content (AvgIpc) is 2.22. The largest absolute Gasteiger partial charge is 0.356 e. The predicted octanol–water partition coefficient (Wildman–Crippen LogP) is 2.10. The molecule has 0 spiro atoms. The highest BCUT2D eigenvalue weighted by Gasteiger charge is 2.27. The third-order valence-corrected chi connectivity index (χ3v) is 4.10. The van der Waals surface area contributed by atoms with E-state index in [1.54, 1.807) is 0 Å². The van der Waals surface area contributed by atoms with Crippen molar-refractivity contribution in [2.45, 2.75) is 45.4 Å². The Morgan fingerprint density at radius 3 is 2.71 bits per heavy atom. The van der Waals surface area contributed by atoms with Crippen LogP contribution in [-0.4, -0.2) is 25.5 Å². The van der Waals surface area contributed by atoms with Crippen molar-refractivity contribution < 1.29 is 4.79 Å². The molecule has 2 N–H and O–H groups in total. The van der Waals surface area contributed by atoms with E-state index in [4.69, 9.17) is 0 Å². The van der Waals surface area contributed by atoms with Crippen LogP contribution >= 0.6 is 12.4 Å². The zero-order valence-electron chi connectivity index (χ0n) is 10.8. The first-order chi connectivity index (χ1) is 7.68. The molecule has 2 aliphatic rings. The van der Waals surface area contributed by atoms with Crippen LogP contribution in [0.2, 0.25) is 0 Å². The van der Waals surface area contributed by atoms with Gasteiger partial charge in [-0.15, -0.1) is 12.4 Å². The molecule has 1 saturated heterocycles. The lowest BCUT2D eigenvalue weighted by molar-refractivity contribution is -0.123. The smallest absolute Gasteiger partial charge is 0.220 e. The molecule has 0 aromatic rings. The van der Waals surface area contributed by atoms with E-state index >= 15 is 0 Å². The number of nitrogens with one attached hydrogen (secondary N) is 2. The highest BCUT2D eigenvalue weighted by atomic mass is 35.5. The SMILES string of the molecule is CC1(CNC(=O)CC2CCC2)CCCNC1.Cl. The molecule has 1 aliphatic heterocycles. The number of hydrogen-bond acceptors (Lipinski definition) is 2. The van der Waals surface area contributed by atoms with E-state index in [0.717, 1.165) is 26.1 Å². The Morgan fingerprint density at radius 1 is 1.41 bits per heavy atom. The van der Waals surface area contributed by atoms with Crippen molar-refractivity contribution >= 4 is 18.3 Å². The van der Waals surface area contributed by atoms with Gasteiger partial charge in [0.05, 0.1) is 0 Å². The zero-order valence-corrected chi connectivity index (χ0v) is 11.6. The lowest BCUT2D eigenvalue weighted by Gasteiger charge is -2.34. The second kappa shape index (κ2) is 6.60. The van der Waals surface area contributed by atoms with Gasteiger partial charge in [0.1, 0.15) is 0 Å². The van der Waals surface area contributed by atoms with Crippen LogP contribution in [-0.2, 0) is 4.79 Å². The summed E-state index contributed by atoms with van der Waals surface area (Å²) in [5.74, 6) is 0.939. The number of piperidine rings is 1. The van der Waals surface area contributed by atoms with Crippen LogP contribution < -0.4 is 10.6 Å². The summed E-state index contributed by atoms with van der Waals surface area (Å²) in [7, 11) is 0. The summed E-state index contributed by atoms with van der Waals surface area (Å²) in [6, 6.07) is 0. The highest BCUT2D eigenvalue weighted by Crippen LogP contribution is 2.29. The van der Waals surface area contributed by atoms with Gasteiger partial charge in [0, 0.05) is 19.5 Å². The molecule has 17 heavy (non-hydrogen) atoms. The number of amides is 1. The molecule has 1 saturated carbocycles. The lowest BCUT2D eigenvalue weighted by Crippen LogP contribution is -2.46. The first-order valence-electron chi connectivity index (χ1n) is 6.65. The first-order valence-corrected chi connectivity index (χ1v) is 6.65. The summed E-state index contributed by atoms with van der Waals surface area (Å²) in [6.07, 6.45) is 7.04. The Labute approximate surface area is 111 Å². The minimum atomic E-state index is 0. The minimum absolute atomic E-state index is 0. The van der Waals surface area contributed by atoms with E-state index in [1.165, 1.54) is 32.1 Å². The fourth-order valence-corrected chi connectivity index (χ4v) is 2.61. The van der Waals surface area contributed by atoms with Crippen molar-refractivity contribution in [1.82, 2.24) is 10.6 Å². The molecule has 0 radical (unpaired) electrons. The third kappa shape index (κ3) is 4.47. The van der Waals surface area contributed by atoms with Crippen LogP contribution in [0.3, 0.4) is 0 Å². The quantitative estimate of drug-likeness (QED) is 0.813. The van der Waals surface area contributed by atoms with Gasteiger partial charge in [-0.1, -0.05) is 13.3 Å². The number of halogens is 1. The van der Waals surface area contributed by atoms with Gasteiger partial charge in [-0.25, -0.2) is 0 Å². The van der Waals surface area contributed by atoms with Crippen LogP contribution in [0.4, 0.5) is 0 Å².